The van der Waals surface area contributed by atoms with Crippen LogP contribution in [0.4, 0.5) is 0 Å². The molecule has 0 aliphatic carbocycles. The molecule has 0 amide bonds. The van der Waals surface area contributed by atoms with Crippen molar-refractivity contribution >= 4 is 5.97 Å². The number of rotatable bonds is 4. The number of aromatic nitrogens is 2. The predicted octanol–water partition coefficient (Wildman–Crippen LogP) is 2.79. The van der Waals surface area contributed by atoms with E-state index in [-0.39, 0.29) is 23.8 Å². The number of nitrogens with one attached hydrogen (secondary N) is 1. The Kier molecular flexibility index (Phi) is 4.26. The van der Waals surface area contributed by atoms with Crippen molar-refractivity contribution in [3.05, 3.63) is 51.4 Å². The number of hydrogen-bond acceptors (Lipinski definition) is 2. The number of aromatic amines is 1. The molecule has 118 valence electrons. The van der Waals surface area contributed by atoms with Crippen molar-refractivity contribution in [1.29, 1.82) is 0 Å². The number of nitrogens with zero attached hydrogens (tertiary/aromatic N) is 1. The molecule has 0 aliphatic heterocycles. The van der Waals surface area contributed by atoms with Gasteiger partial charge in [0.15, 0.2) is 0 Å². The molecule has 1 aromatic carbocycles. The van der Waals surface area contributed by atoms with Crippen molar-refractivity contribution in [2.45, 2.75) is 46.0 Å². The third-order valence-electron chi connectivity index (χ3n) is 3.62. The summed E-state index contributed by atoms with van der Waals surface area (Å²) >= 11 is 0. The summed E-state index contributed by atoms with van der Waals surface area (Å²) in [4.78, 5) is 23.5. The van der Waals surface area contributed by atoms with E-state index >= 15 is 0 Å². The van der Waals surface area contributed by atoms with Crippen LogP contribution in [0, 0.1) is 6.92 Å². The van der Waals surface area contributed by atoms with Crippen LogP contribution >= 0.6 is 0 Å². The quantitative estimate of drug-likeness (QED) is 0.912. The summed E-state index contributed by atoms with van der Waals surface area (Å²) in [6, 6.07) is 7.63. The summed E-state index contributed by atoms with van der Waals surface area (Å²) in [7, 11) is 0. The van der Waals surface area contributed by atoms with E-state index in [1.54, 1.807) is 0 Å². The monoisotopic (exact) mass is 302 g/mol. The Labute approximate surface area is 129 Å². The number of benzene rings is 1. The van der Waals surface area contributed by atoms with E-state index in [0.717, 1.165) is 16.9 Å². The molecular weight excluding hydrogens is 280 g/mol. The molecule has 1 heterocycles. The minimum Gasteiger partial charge on any atom is -0.481 e. The minimum absolute atomic E-state index is 0.0515. The Morgan fingerprint density at radius 1 is 1.23 bits per heavy atom. The fraction of sp³-hybridized carbons (Fsp3) is 0.412. The average molecular weight is 302 g/mol. The number of carbonyl (C=O) groups is 1. The third kappa shape index (κ3) is 3.30. The van der Waals surface area contributed by atoms with Gasteiger partial charge in [-0.05, 0) is 25.5 Å². The molecule has 0 fully saturated rings. The van der Waals surface area contributed by atoms with Crippen molar-refractivity contribution in [1.82, 2.24) is 9.78 Å². The van der Waals surface area contributed by atoms with Crippen molar-refractivity contribution in [2.75, 3.05) is 0 Å². The van der Waals surface area contributed by atoms with Gasteiger partial charge in [-0.3, -0.25) is 14.7 Å². The molecule has 2 N–H and O–H groups in total. The minimum atomic E-state index is -0.901. The van der Waals surface area contributed by atoms with Gasteiger partial charge in [0.05, 0.1) is 5.69 Å². The van der Waals surface area contributed by atoms with Gasteiger partial charge < -0.3 is 5.11 Å². The fourth-order valence-electron chi connectivity index (χ4n) is 2.43. The molecule has 0 atom stereocenters. The highest BCUT2D eigenvalue weighted by Crippen LogP contribution is 2.24. The van der Waals surface area contributed by atoms with Gasteiger partial charge in [-0.25, -0.2) is 4.68 Å². The van der Waals surface area contributed by atoms with E-state index in [2.05, 4.69) is 5.10 Å². The van der Waals surface area contributed by atoms with E-state index in [1.807, 2.05) is 52.0 Å². The second-order valence-corrected chi connectivity index (χ2v) is 6.59. The van der Waals surface area contributed by atoms with E-state index in [4.69, 9.17) is 5.11 Å². The summed E-state index contributed by atoms with van der Waals surface area (Å²) in [6.07, 6.45) is 0.181. The highest BCUT2D eigenvalue weighted by molar-refractivity contribution is 5.67. The SMILES string of the molecule is Cc1ccc(-n2[nH]c(C(C)(C)C)c(CCC(=O)O)c2=O)cc1. The predicted molar refractivity (Wildman–Crippen MR) is 85.8 cm³/mol. The lowest BCUT2D eigenvalue weighted by Crippen LogP contribution is -2.19. The van der Waals surface area contributed by atoms with Gasteiger partial charge in [0.1, 0.15) is 0 Å². The molecule has 0 radical (unpaired) electrons. The van der Waals surface area contributed by atoms with Gasteiger partial charge in [-0.2, -0.15) is 0 Å². The zero-order chi connectivity index (χ0) is 16.5. The number of hydrogen-bond donors (Lipinski definition) is 2. The van der Waals surface area contributed by atoms with Gasteiger partial charge in [0.25, 0.3) is 5.56 Å². The first-order valence-corrected chi connectivity index (χ1v) is 7.33. The van der Waals surface area contributed by atoms with Crippen LogP contribution in [0.5, 0.6) is 0 Å². The second-order valence-electron chi connectivity index (χ2n) is 6.59. The van der Waals surface area contributed by atoms with Crippen molar-refractivity contribution in [3.8, 4) is 5.69 Å². The Morgan fingerprint density at radius 3 is 2.32 bits per heavy atom. The maximum absolute atomic E-state index is 12.7. The lowest BCUT2D eigenvalue weighted by Gasteiger charge is -2.18. The zero-order valence-corrected chi connectivity index (χ0v) is 13.4. The number of carboxylic acid groups (broad SMARTS) is 1. The molecule has 5 nitrogen and oxygen atoms in total. The number of aryl methyl sites for hydroxylation is 1. The van der Waals surface area contributed by atoms with Crippen LogP contribution in [-0.2, 0) is 16.6 Å². The Bertz CT molecular complexity index is 731. The summed E-state index contributed by atoms with van der Waals surface area (Å²) in [5.41, 5.74) is 2.78. The zero-order valence-electron chi connectivity index (χ0n) is 13.4. The number of aliphatic carboxylic acids is 1. The van der Waals surface area contributed by atoms with Gasteiger partial charge in [0.2, 0.25) is 0 Å². The van der Waals surface area contributed by atoms with E-state index < -0.39 is 5.97 Å². The highest BCUT2D eigenvalue weighted by atomic mass is 16.4. The van der Waals surface area contributed by atoms with Crippen LogP contribution in [0.2, 0.25) is 0 Å². The lowest BCUT2D eigenvalue weighted by molar-refractivity contribution is -0.136. The molecule has 2 aromatic rings. The summed E-state index contributed by atoms with van der Waals surface area (Å²) in [5.74, 6) is -0.901. The highest BCUT2D eigenvalue weighted by Gasteiger charge is 2.25. The maximum atomic E-state index is 12.7. The Hall–Kier alpha value is -2.30. The lowest BCUT2D eigenvalue weighted by atomic mass is 9.88. The molecule has 0 bridgehead atoms. The van der Waals surface area contributed by atoms with Crippen LogP contribution in [0.25, 0.3) is 5.69 Å². The summed E-state index contributed by atoms with van der Waals surface area (Å²) < 4.78 is 1.50. The number of H-pyrrole nitrogens is 1. The first-order valence-electron chi connectivity index (χ1n) is 7.33. The average Bonchev–Trinajstić information content (AvgIpc) is 2.74. The van der Waals surface area contributed by atoms with E-state index in [9.17, 15) is 9.59 Å². The Balaban J connectivity index is 2.55. The van der Waals surface area contributed by atoms with Gasteiger partial charge >= 0.3 is 5.97 Å². The van der Waals surface area contributed by atoms with Gasteiger partial charge in [-0.15, -0.1) is 0 Å². The fourth-order valence-corrected chi connectivity index (χ4v) is 2.43. The molecule has 2 rings (SSSR count). The molecule has 0 spiro atoms. The van der Waals surface area contributed by atoms with Gasteiger partial charge in [0, 0.05) is 23.1 Å². The molecule has 22 heavy (non-hydrogen) atoms. The molecule has 0 saturated heterocycles. The van der Waals surface area contributed by atoms with E-state index in [0.29, 0.717) is 5.56 Å². The van der Waals surface area contributed by atoms with Crippen LogP contribution in [0.3, 0.4) is 0 Å². The summed E-state index contributed by atoms with van der Waals surface area (Å²) in [5, 5.41) is 12.1. The van der Waals surface area contributed by atoms with Crippen LogP contribution in [0.1, 0.15) is 44.0 Å². The summed E-state index contributed by atoms with van der Waals surface area (Å²) in [6.45, 7) is 7.99. The van der Waals surface area contributed by atoms with Crippen LogP contribution in [-0.4, -0.2) is 20.9 Å². The smallest absolute Gasteiger partial charge is 0.303 e. The Morgan fingerprint density at radius 2 is 1.82 bits per heavy atom. The topological polar surface area (TPSA) is 75.1 Å². The largest absolute Gasteiger partial charge is 0.481 e. The molecular formula is C17H22N2O3. The molecule has 1 aromatic heterocycles. The normalized spacial score (nSPS) is 11.6. The van der Waals surface area contributed by atoms with Crippen LogP contribution in [0.15, 0.2) is 29.1 Å². The van der Waals surface area contributed by atoms with Gasteiger partial charge in [-0.1, -0.05) is 38.5 Å². The number of carboxylic acids is 1. The standard InChI is InChI=1S/C17H22N2O3/c1-11-5-7-12(8-6-11)19-16(22)13(9-10-14(20)21)15(18-19)17(2,3)4/h5-8,18H,9-10H2,1-4H3,(H,20,21). The van der Waals surface area contributed by atoms with Crippen molar-refractivity contribution in [2.24, 2.45) is 0 Å². The first kappa shape index (κ1) is 16.1. The maximum Gasteiger partial charge on any atom is 0.303 e. The molecule has 5 heteroatoms. The van der Waals surface area contributed by atoms with Crippen molar-refractivity contribution < 1.29 is 9.90 Å². The van der Waals surface area contributed by atoms with E-state index in [1.165, 1.54) is 4.68 Å². The first-order chi connectivity index (χ1) is 10.2. The molecule has 0 unspecified atom stereocenters. The third-order valence-corrected chi connectivity index (χ3v) is 3.62. The molecule has 0 aliphatic rings. The second kappa shape index (κ2) is 5.83. The molecule has 0 saturated carbocycles. The van der Waals surface area contributed by atoms with Crippen LogP contribution < -0.4 is 5.56 Å². The van der Waals surface area contributed by atoms with Crippen molar-refractivity contribution in [3.63, 3.8) is 0 Å².